The lowest BCUT2D eigenvalue weighted by atomic mass is 9.99. The van der Waals surface area contributed by atoms with Gasteiger partial charge in [0.25, 0.3) is 0 Å². The molecule has 0 amide bonds. The molecular weight excluding hydrogens is 268 g/mol. The summed E-state index contributed by atoms with van der Waals surface area (Å²) in [6.45, 7) is 4.03. The number of hydrogen-bond donors (Lipinski definition) is 1. The lowest BCUT2D eigenvalue weighted by Crippen LogP contribution is -2.25. The van der Waals surface area contributed by atoms with Crippen molar-refractivity contribution in [2.75, 3.05) is 0 Å². The lowest BCUT2D eigenvalue weighted by molar-refractivity contribution is 0.427. The van der Waals surface area contributed by atoms with E-state index in [1.54, 1.807) is 0 Å². The van der Waals surface area contributed by atoms with Gasteiger partial charge in [-0.25, -0.2) is 8.78 Å². The minimum Gasteiger partial charge on any atom is -0.303 e. The van der Waals surface area contributed by atoms with Gasteiger partial charge in [-0.15, -0.1) is 0 Å². The van der Waals surface area contributed by atoms with Crippen LogP contribution < -0.4 is 5.32 Å². The van der Waals surface area contributed by atoms with Crippen molar-refractivity contribution < 1.29 is 8.78 Å². The molecule has 0 bridgehead atoms. The van der Waals surface area contributed by atoms with Crippen LogP contribution in [-0.4, -0.2) is 0 Å². The van der Waals surface area contributed by atoms with Gasteiger partial charge in [0.1, 0.15) is 11.6 Å². The van der Waals surface area contributed by atoms with Crippen molar-refractivity contribution in [2.24, 2.45) is 0 Å². The Hall–Kier alpha value is -1.74. The molecule has 112 valence electrons. The van der Waals surface area contributed by atoms with Gasteiger partial charge in [-0.05, 0) is 25.0 Å². The third-order valence-corrected chi connectivity index (χ3v) is 3.66. The van der Waals surface area contributed by atoms with Gasteiger partial charge in [0, 0.05) is 23.7 Å². The Bertz CT molecular complexity index is 569. The predicted octanol–water partition coefficient (Wildman–Crippen LogP) is 5.16. The molecule has 3 heteroatoms. The summed E-state index contributed by atoms with van der Waals surface area (Å²) >= 11 is 0. The summed E-state index contributed by atoms with van der Waals surface area (Å²) in [5.74, 6) is -1.05. The molecule has 21 heavy (non-hydrogen) atoms. The molecule has 0 heterocycles. The van der Waals surface area contributed by atoms with Crippen molar-refractivity contribution in [1.29, 1.82) is 0 Å². The molecule has 0 aromatic heterocycles. The van der Waals surface area contributed by atoms with E-state index in [2.05, 4.69) is 24.4 Å². The first kappa shape index (κ1) is 15.6. The topological polar surface area (TPSA) is 12.0 Å². The molecule has 0 aliphatic heterocycles. The third-order valence-electron chi connectivity index (χ3n) is 3.66. The number of halogens is 2. The second-order valence-corrected chi connectivity index (χ2v) is 5.31. The van der Waals surface area contributed by atoms with Crippen molar-refractivity contribution in [3.05, 3.63) is 71.3 Å². The van der Waals surface area contributed by atoms with Gasteiger partial charge in [-0.2, -0.15) is 0 Å². The van der Waals surface area contributed by atoms with E-state index in [-0.39, 0.29) is 12.1 Å². The molecule has 1 N–H and O–H groups in total. The Kier molecular flexibility index (Phi) is 5.45. The van der Waals surface area contributed by atoms with Crippen molar-refractivity contribution in [3.63, 3.8) is 0 Å². The van der Waals surface area contributed by atoms with E-state index in [9.17, 15) is 8.78 Å². The van der Waals surface area contributed by atoms with Crippen LogP contribution in [0.2, 0.25) is 0 Å². The molecular formula is C18H21F2N. The fraction of sp³-hybridized carbons (Fsp3) is 0.333. The molecule has 0 spiro atoms. The van der Waals surface area contributed by atoms with Crippen LogP contribution in [0.25, 0.3) is 0 Å². The van der Waals surface area contributed by atoms with Crippen LogP contribution >= 0.6 is 0 Å². The van der Waals surface area contributed by atoms with E-state index in [1.165, 1.54) is 17.7 Å². The van der Waals surface area contributed by atoms with Gasteiger partial charge in [0.2, 0.25) is 0 Å². The zero-order chi connectivity index (χ0) is 15.2. The summed E-state index contributed by atoms with van der Waals surface area (Å²) < 4.78 is 26.9. The largest absolute Gasteiger partial charge is 0.303 e. The summed E-state index contributed by atoms with van der Waals surface area (Å²) in [5.41, 5.74) is 1.68. The average molecular weight is 289 g/mol. The third kappa shape index (κ3) is 4.11. The Balaban J connectivity index is 2.16. The summed E-state index contributed by atoms with van der Waals surface area (Å²) in [6.07, 6.45) is 2.00. The molecule has 0 saturated carbocycles. The highest BCUT2D eigenvalue weighted by Gasteiger charge is 2.17. The lowest BCUT2D eigenvalue weighted by Gasteiger charge is -2.24. The molecule has 0 fully saturated rings. The van der Waals surface area contributed by atoms with Crippen molar-refractivity contribution >= 4 is 0 Å². The van der Waals surface area contributed by atoms with Gasteiger partial charge >= 0.3 is 0 Å². The maximum Gasteiger partial charge on any atom is 0.130 e. The van der Waals surface area contributed by atoms with Gasteiger partial charge in [0.05, 0.1) is 0 Å². The first-order valence-electron chi connectivity index (χ1n) is 7.37. The van der Waals surface area contributed by atoms with Crippen molar-refractivity contribution in [1.82, 2.24) is 5.32 Å². The Morgan fingerprint density at radius 1 is 1.05 bits per heavy atom. The number of rotatable bonds is 6. The van der Waals surface area contributed by atoms with Crippen LogP contribution in [0.5, 0.6) is 0 Å². The van der Waals surface area contributed by atoms with E-state index in [0.717, 1.165) is 18.9 Å². The zero-order valence-corrected chi connectivity index (χ0v) is 12.4. The van der Waals surface area contributed by atoms with Crippen molar-refractivity contribution in [2.45, 2.75) is 38.8 Å². The van der Waals surface area contributed by atoms with Crippen molar-refractivity contribution in [3.8, 4) is 0 Å². The number of nitrogens with one attached hydrogen (secondary N) is 1. The highest BCUT2D eigenvalue weighted by Crippen LogP contribution is 2.25. The van der Waals surface area contributed by atoms with Gasteiger partial charge in [-0.1, -0.05) is 49.7 Å². The smallest absolute Gasteiger partial charge is 0.130 e. The van der Waals surface area contributed by atoms with Gasteiger partial charge in [0.15, 0.2) is 0 Å². The molecule has 0 aliphatic rings. The second-order valence-electron chi connectivity index (χ2n) is 5.31. The number of hydrogen-bond acceptors (Lipinski definition) is 1. The zero-order valence-electron chi connectivity index (χ0n) is 12.4. The predicted molar refractivity (Wildman–Crippen MR) is 82.0 cm³/mol. The van der Waals surface area contributed by atoms with E-state index in [0.29, 0.717) is 5.56 Å². The first-order valence-corrected chi connectivity index (χ1v) is 7.37. The van der Waals surface area contributed by atoms with Crippen LogP contribution in [0.4, 0.5) is 8.78 Å². The fourth-order valence-electron chi connectivity index (χ4n) is 2.56. The summed E-state index contributed by atoms with van der Waals surface area (Å²) in [5, 5.41) is 3.45. The quantitative estimate of drug-likeness (QED) is 0.774. The average Bonchev–Trinajstić information content (AvgIpc) is 2.47. The normalized spacial score (nSPS) is 13.9. The molecule has 2 aromatic rings. The van der Waals surface area contributed by atoms with Crippen LogP contribution in [0.1, 0.15) is 49.9 Å². The number of benzene rings is 2. The summed E-state index contributed by atoms with van der Waals surface area (Å²) in [7, 11) is 0. The van der Waals surface area contributed by atoms with Crippen LogP contribution in [0.3, 0.4) is 0 Å². The molecule has 0 saturated heterocycles. The Morgan fingerprint density at radius 2 is 1.76 bits per heavy atom. The molecule has 1 nitrogen and oxygen atoms in total. The molecule has 0 radical (unpaired) electrons. The molecule has 2 rings (SSSR count). The highest BCUT2D eigenvalue weighted by molar-refractivity contribution is 5.24. The molecule has 0 aliphatic carbocycles. The summed E-state index contributed by atoms with van der Waals surface area (Å²) in [6, 6.07) is 13.9. The highest BCUT2D eigenvalue weighted by atomic mass is 19.1. The minimum absolute atomic E-state index is 0.163. The van der Waals surface area contributed by atoms with E-state index < -0.39 is 11.6 Å². The Morgan fingerprint density at radius 3 is 2.38 bits per heavy atom. The maximum absolute atomic E-state index is 13.9. The summed E-state index contributed by atoms with van der Waals surface area (Å²) in [4.78, 5) is 0. The van der Waals surface area contributed by atoms with E-state index in [4.69, 9.17) is 0 Å². The minimum atomic E-state index is -0.545. The monoisotopic (exact) mass is 289 g/mol. The Labute approximate surface area is 125 Å². The van der Waals surface area contributed by atoms with Crippen LogP contribution in [-0.2, 0) is 0 Å². The maximum atomic E-state index is 13.9. The SMILES string of the molecule is CCCC(NC(C)c1ccc(F)cc1F)c1ccccc1. The van der Waals surface area contributed by atoms with Gasteiger partial charge < -0.3 is 5.32 Å². The standard InChI is InChI=1S/C18H21F2N/c1-3-7-18(14-8-5-4-6-9-14)21-13(2)16-11-10-15(19)12-17(16)20/h4-6,8-13,18,21H,3,7H2,1-2H3. The van der Waals surface area contributed by atoms with Crippen LogP contribution in [0, 0.1) is 11.6 Å². The van der Waals surface area contributed by atoms with E-state index >= 15 is 0 Å². The van der Waals surface area contributed by atoms with Crippen LogP contribution in [0.15, 0.2) is 48.5 Å². The first-order chi connectivity index (χ1) is 10.1. The molecule has 2 aromatic carbocycles. The second kappa shape index (κ2) is 7.32. The molecule has 2 atom stereocenters. The van der Waals surface area contributed by atoms with Gasteiger partial charge in [-0.3, -0.25) is 0 Å². The van der Waals surface area contributed by atoms with E-state index in [1.807, 2.05) is 25.1 Å². The molecule has 2 unspecified atom stereocenters. The fourth-order valence-corrected chi connectivity index (χ4v) is 2.56.